The van der Waals surface area contributed by atoms with Crippen LogP contribution in [0.1, 0.15) is 35.7 Å². The molecule has 1 fully saturated rings. The third kappa shape index (κ3) is 4.32. The Morgan fingerprint density at radius 2 is 1.71 bits per heavy atom. The first-order chi connectivity index (χ1) is 18.4. The van der Waals surface area contributed by atoms with E-state index < -0.39 is 17.7 Å². The number of anilines is 2. The van der Waals surface area contributed by atoms with E-state index >= 15 is 0 Å². The molecule has 6 nitrogen and oxygen atoms in total. The summed E-state index contributed by atoms with van der Waals surface area (Å²) in [6.45, 7) is 1.86. The Hall–Kier alpha value is -4.46. The second-order valence-corrected chi connectivity index (χ2v) is 9.79. The minimum Gasteiger partial charge on any atom is -0.316 e. The van der Waals surface area contributed by atoms with Crippen LogP contribution in [0.5, 0.6) is 0 Å². The van der Waals surface area contributed by atoms with E-state index in [1.54, 1.807) is 4.90 Å². The van der Waals surface area contributed by atoms with Gasteiger partial charge in [-0.05, 0) is 61.7 Å². The highest BCUT2D eigenvalue weighted by molar-refractivity contribution is 6.01. The third-order valence-corrected chi connectivity index (χ3v) is 7.07. The van der Waals surface area contributed by atoms with E-state index in [2.05, 4.69) is 16.0 Å². The highest BCUT2D eigenvalue weighted by atomic mass is 19.2. The first-order valence-corrected chi connectivity index (χ1v) is 12.6. The number of carbonyl (C=O) groups excluding carboxylic acids is 2. The lowest BCUT2D eigenvalue weighted by atomic mass is 9.96. The summed E-state index contributed by atoms with van der Waals surface area (Å²) in [7, 11) is 0. The number of benzene rings is 3. The molecule has 0 spiro atoms. The summed E-state index contributed by atoms with van der Waals surface area (Å²) < 4.78 is 29.2. The number of amides is 3. The van der Waals surface area contributed by atoms with Gasteiger partial charge >= 0.3 is 6.03 Å². The Balaban J connectivity index is 1.35. The number of aromatic nitrogens is 1. The summed E-state index contributed by atoms with van der Waals surface area (Å²) in [5.74, 6) is -2.28. The smallest absolute Gasteiger partial charge is 0.316 e. The predicted molar refractivity (Wildman–Crippen MR) is 141 cm³/mol. The van der Waals surface area contributed by atoms with E-state index in [9.17, 15) is 18.4 Å². The second kappa shape index (κ2) is 9.45. The van der Waals surface area contributed by atoms with Gasteiger partial charge in [-0.3, -0.25) is 9.69 Å². The number of hydrogen-bond acceptors (Lipinski definition) is 2. The van der Waals surface area contributed by atoms with Gasteiger partial charge < -0.3 is 14.8 Å². The molecule has 1 aromatic heterocycles. The number of nitrogens with zero attached hydrogens (tertiary/aromatic N) is 3. The molecule has 38 heavy (non-hydrogen) atoms. The van der Waals surface area contributed by atoms with Crippen molar-refractivity contribution in [2.75, 3.05) is 16.8 Å². The van der Waals surface area contributed by atoms with Gasteiger partial charge in [0.25, 0.3) is 0 Å². The Kier molecular flexibility index (Phi) is 5.94. The monoisotopic (exact) mass is 512 g/mol. The van der Waals surface area contributed by atoms with Crippen molar-refractivity contribution in [3.05, 3.63) is 114 Å². The number of urea groups is 1. The zero-order valence-corrected chi connectivity index (χ0v) is 20.8. The number of carbonyl (C=O) groups is 2. The molecule has 0 saturated heterocycles. The number of para-hydroxylation sites is 2. The van der Waals surface area contributed by atoms with Crippen molar-refractivity contribution < 1.29 is 18.4 Å². The van der Waals surface area contributed by atoms with Crippen LogP contribution in [-0.2, 0) is 4.79 Å². The molecule has 1 aliphatic carbocycles. The van der Waals surface area contributed by atoms with Gasteiger partial charge in [-0.2, -0.15) is 0 Å². The average Bonchev–Trinajstić information content (AvgIpc) is 3.63. The summed E-state index contributed by atoms with van der Waals surface area (Å²) in [6.07, 6.45) is 3.54. The van der Waals surface area contributed by atoms with Crippen LogP contribution in [0.4, 0.5) is 25.0 Å². The van der Waals surface area contributed by atoms with Gasteiger partial charge in [-0.25, -0.2) is 13.6 Å². The van der Waals surface area contributed by atoms with Crippen molar-refractivity contribution in [1.29, 1.82) is 0 Å². The number of fused-ring (bicyclic) bond motifs is 3. The van der Waals surface area contributed by atoms with Crippen LogP contribution in [0.3, 0.4) is 0 Å². The molecule has 3 aromatic carbocycles. The minimum absolute atomic E-state index is 0.0921. The number of hydrogen-bond donors (Lipinski definition) is 1. The first kappa shape index (κ1) is 23.9. The summed E-state index contributed by atoms with van der Waals surface area (Å²) >= 11 is 0. The topological polar surface area (TPSA) is 57.6 Å². The number of aryl methyl sites for hydroxylation is 1. The average molecular weight is 513 g/mol. The molecule has 1 saturated carbocycles. The van der Waals surface area contributed by atoms with Gasteiger partial charge in [-0.15, -0.1) is 0 Å². The Bertz CT molecular complexity index is 1540. The van der Waals surface area contributed by atoms with Crippen molar-refractivity contribution in [3.63, 3.8) is 0 Å². The maximum atomic E-state index is 14.1. The summed E-state index contributed by atoms with van der Waals surface area (Å²) in [5, 5.41) is 2.63. The van der Waals surface area contributed by atoms with Crippen molar-refractivity contribution in [3.8, 4) is 5.69 Å². The Morgan fingerprint density at radius 1 is 0.921 bits per heavy atom. The zero-order valence-electron chi connectivity index (χ0n) is 20.8. The highest BCUT2D eigenvalue weighted by Crippen LogP contribution is 2.42. The van der Waals surface area contributed by atoms with E-state index in [1.807, 2.05) is 67.7 Å². The van der Waals surface area contributed by atoms with E-state index in [0.717, 1.165) is 53.2 Å². The molecule has 1 unspecified atom stereocenters. The lowest BCUT2D eigenvalue weighted by Crippen LogP contribution is -2.48. The fourth-order valence-corrected chi connectivity index (χ4v) is 5.16. The van der Waals surface area contributed by atoms with Crippen molar-refractivity contribution in [2.45, 2.75) is 31.8 Å². The van der Waals surface area contributed by atoms with Gasteiger partial charge in [0.05, 0.1) is 17.1 Å². The maximum absolute atomic E-state index is 14.1. The lowest BCUT2D eigenvalue weighted by molar-refractivity contribution is -0.119. The predicted octanol–water partition coefficient (Wildman–Crippen LogP) is 6.20. The SMILES string of the molecule is Cc1cccc(C2c3cccn3-c3ccccc3N2C(=O)CN(C(=O)Nc2ccc(F)c(F)c2)C2CC2)c1. The summed E-state index contributed by atoms with van der Waals surface area (Å²) in [4.78, 5) is 30.6. The first-order valence-electron chi connectivity index (χ1n) is 12.6. The molecule has 1 N–H and O–H groups in total. The molecule has 1 aliphatic heterocycles. The largest absolute Gasteiger partial charge is 0.322 e. The van der Waals surface area contributed by atoms with Gasteiger partial charge in [-0.1, -0.05) is 42.0 Å². The number of halogens is 2. The zero-order chi connectivity index (χ0) is 26.4. The van der Waals surface area contributed by atoms with Crippen molar-refractivity contribution in [2.24, 2.45) is 0 Å². The molecular formula is C30H26F2N4O2. The summed E-state index contributed by atoms with van der Waals surface area (Å²) in [6, 6.07) is 22.0. The quantitative estimate of drug-likeness (QED) is 0.346. The Labute approximate surface area is 219 Å². The van der Waals surface area contributed by atoms with Crippen LogP contribution in [-0.4, -0.2) is 34.0 Å². The van der Waals surface area contributed by atoms with Crippen LogP contribution < -0.4 is 10.2 Å². The minimum atomic E-state index is -1.05. The molecule has 2 heterocycles. The van der Waals surface area contributed by atoms with Gasteiger partial charge in [0.1, 0.15) is 12.6 Å². The maximum Gasteiger partial charge on any atom is 0.322 e. The molecular weight excluding hydrogens is 486 g/mol. The number of nitrogens with one attached hydrogen (secondary N) is 1. The van der Waals surface area contributed by atoms with E-state index in [4.69, 9.17) is 0 Å². The van der Waals surface area contributed by atoms with Gasteiger partial charge in [0.15, 0.2) is 11.6 Å². The second-order valence-electron chi connectivity index (χ2n) is 9.79. The lowest BCUT2D eigenvalue weighted by Gasteiger charge is -2.39. The molecule has 2 aliphatic rings. The van der Waals surface area contributed by atoms with E-state index in [1.165, 1.54) is 11.0 Å². The molecule has 3 amide bonds. The van der Waals surface area contributed by atoms with Crippen LogP contribution >= 0.6 is 0 Å². The highest BCUT2D eigenvalue weighted by Gasteiger charge is 2.40. The molecule has 6 rings (SSSR count). The number of rotatable bonds is 5. The molecule has 192 valence electrons. The van der Waals surface area contributed by atoms with Crippen molar-refractivity contribution in [1.82, 2.24) is 9.47 Å². The molecule has 1 atom stereocenters. The van der Waals surface area contributed by atoms with Gasteiger partial charge in [0.2, 0.25) is 5.91 Å². The van der Waals surface area contributed by atoms with Gasteiger partial charge in [0, 0.05) is 24.0 Å². The van der Waals surface area contributed by atoms with E-state index in [0.29, 0.717) is 0 Å². The molecule has 4 aromatic rings. The molecule has 0 radical (unpaired) electrons. The van der Waals surface area contributed by atoms with Crippen LogP contribution in [0.25, 0.3) is 5.69 Å². The molecule has 8 heteroatoms. The van der Waals surface area contributed by atoms with E-state index in [-0.39, 0.29) is 30.2 Å². The third-order valence-electron chi connectivity index (χ3n) is 7.07. The summed E-state index contributed by atoms with van der Waals surface area (Å²) in [5.41, 5.74) is 4.77. The van der Waals surface area contributed by atoms with Crippen LogP contribution in [0, 0.1) is 18.6 Å². The fraction of sp³-hybridized carbons (Fsp3) is 0.200. The normalized spacial score (nSPS) is 16.0. The van der Waals surface area contributed by atoms with Crippen LogP contribution in [0.2, 0.25) is 0 Å². The van der Waals surface area contributed by atoms with Crippen LogP contribution in [0.15, 0.2) is 85.1 Å². The standard InChI is InChI=1S/C30H26F2N4O2/c1-19-6-4-7-20(16-19)29-27-10-5-15-34(27)25-8-2-3-9-26(25)36(29)28(37)18-35(22-12-13-22)30(38)33-21-11-14-23(31)24(32)17-21/h2-11,14-17,22,29H,12-13,18H2,1H3,(H,33,38). The van der Waals surface area contributed by atoms with Crippen molar-refractivity contribution >= 4 is 23.3 Å². The fourth-order valence-electron chi connectivity index (χ4n) is 5.16. The molecule has 0 bridgehead atoms. The Morgan fingerprint density at radius 3 is 2.45 bits per heavy atom.